The van der Waals surface area contributed by atoms with Crippen LogP contribution in [0.5, 0.6) is 0 Å². The van der Waals surface area contributed by atoms with Crippen LogP contribution in [0.15, 0.2) is 65.3 Å². The van der Waals surface area contributed by atoms with Crippen LogP contribution in [0.25, 0.3) is 32.6 Å². The molecule has 2 aromatic carbocycles. The number of carbonyl (C=O) groups excluding carboxylic acids is 1. The van der Waals surface area contributed by atoms with Gasteiger partial charge in [0.2, 0.25) is 5.89 Å². The number of halogens is 2. The summed E-state index contributed by atoms with van der Waals surface area (Å²) in [6.45, 7) is 0. The van der Waals surface area contributed by atoms with Gasteiger partial charge in [-0.05, 0) is 24.3 Å². The minimum Gasteiger partial charge on any atom is -0.436 e. The summed E-state index contributed by atoms with van der Waals surface area (Å²) in [7, 11) is 0. The Labute approximate surface area is 178 Å². The number of benzene rings is 2. The molecule has 1 amide bonds. The average Bonchev–Trinajstić information content (AvgIpc) is 3.31. The normalized spacial score (nSPS) is 11.2. The second kappa shape index (κ2) is 7.15. The molecular weight excluding hydrogens is 429 g/mol. The number of pyridine rings is 1. The molecule has 0 spiro atoms. The van der Waals surface area contributed by atoms with Gasteiger partial charge in [0.05, 0.1) is 21.8 Å². The van der Waals surface area contributed by atoms with Gasteiger partial charge in [0.15, 0.2) is 5.58 Å². The third-order valence-electron chi connectivity index (χ3n) is 4.39. The lowest BCUT2D eigenvalue weighted by atomic mass is 10.2. The van der Waals surface area contributed by atoms with Crippen LogP contribution in [0.1, 0.15) is 9.67 Å². The maximum absolute atomic E-state index is 12.8. The second-order valence-electron chi connectivity index (χ2n) is 6.25. The lowest BCUT2D eigenvalue weighted by molar-refractivity contribution is 0.103. The number of hydrogen-bond donors (Lipinski definition) is 1. The van der Waals surface area contributed by atoms with Crippen LogP contribution in [-0.4, -0.2) is 15.9 Å². The first kappa shape index (κ1) is 18.1. The van der Waals surface area contributed by atoms with Crippen LogP contribution in [-0.2, 0) is 0 Å². The Kier molecular flexibility index (Phi) is 4.47. The van der Waals surface area contributed by atoms with Crippen molar-refractivity contribution >= 4 is 67.3 Å². The molecule has 29 heavy (non-hydrogen) atoms. The summed E-state index contributed by atoms with van der Waals surface area (Å²) in [5, 5.41) is 4.65. The molecule has 0 atom stereocenters. The second-order valence-corrected chi connectivity index (χ2v) is 8.09. The standard InChI is InChI=1S/C21H11Cl2N3O2S/c22-14-6-5-11(9-13(14)21-26-15-10-24-8-7-16(15)28-21)25-20(27)19-18(23)12-3-1-2-4-17(12)29-19/h1-10H,(H,25,27). The van der Waals surface area contributed by atoms with Crippen molar-refractivity contribution in [3.05, 3.63) is 75.8 Å². The number of rotatable bonds is 3. The number of thiophene rings is 1. The summed E-state index contributed by atoms with van der Waals surface area (Å²) in [5.41, 5.74) is 2.37. The maximum Gasteiger partial charge on any atom is 0.267 e. The van der Waals surface area contributed by atoms with Gasteiger partial charge in [0.25, 0.3) is 5.91 Å². The predicted octanol–water partition coefficient (Wildman–Crippen LogP) is 6.66. The molecule has 0 saturated heterocycles. The highest BCUT2D eigenvalue weighted by Crippen LogP contribution is 2.36. The predicted molar refractivity (Wildman–Crippen MR) is 117 cm³/mol. The number of amides is 1. The summed E-state index contributed by atoms with van der Waals surface area (Å²) in [6, 6.07) is 14.5. The maximum atomic E-state index is 12.8. The Bertz CT molecular complexity index is 1360. The molecule has 5 nitrogen and oxygen atoms in total. The molecule has 0 saturated carbocycles. The number of carbonyl (C=O) groups is 1. The van der Waals surface area contributed by atoms with Gasteiger partial charge < -0.3 is 9.73 Å². The fourth-order valence-electron chi connectivity index (χ4n) is 3.01. The number of aromatic nitrogens is 2. The molecule has 0 aliphatic carbocycles. The van der Waals surface area contributed by atoms with Gasteiger partial charge in [-0.1, -0.05) is 41.4 Å². The van der Waals surface area contributed by atoms with E-state index in [0.717, 1.165) is 10.1 Å². The first-order valence-corrected chi connectivity index (χ1v) is 10.2. The topological polar surface area (TPSA) is 68.0 Å². The lowest BCUT2D eigenvalue weighted by Gasteiger charge is -2.07. The van der Waals surface area contributed by atoms with Crippen molar-refractivity contribution in [2.45, 2.75) is 0 Å². The van der Waals surface area contributed by atoms with E-state index < -0.39 is 0 Å². The molecule has 3 heterocycles. The zero-order valence-electron chi connectivity index (χ0n) is 14.6. The van der Waals surface area contributed by atoms with Gasteiger partial charge in [-0.3, -0.25) is 9.78 Å². The van der Waals surface area contributed by atoms with E-state index in [1.165, 1.54) is 11.3 Å². The van der Waals surface area contributed by atoms with E-state index in [1.807, 2.05) is 24.3 Å². The molecule has 0 aliphatic heterocycles. The Balaban J connectivity index is 1.49. The van der Waals surface area contributed by atoms with Crippen LogP contribution in [0.3, 0.4) is 0 Å². The lowest BCUT2D eigenvalue weighted by Crippen LogP contribution is -2.10. The van der Waals surface area contributed by atoms with Crippen molar-refractivity contribution in [2.75, 3.05) is 5.32 Å². The van der Waals surface area contributed by atoms with Crippen molar-refractivity contribution in [1.29, 1.82) is 0 Å². The number of anilines is 1. The van der Waals surface area contributed by atoms with E-state index in [9.17, 15) is 4.79 Å². The van der Waals surface area contributed by atoms with Gasteiger partial charge in [-0.15, -0.1) is 11.3 Å². The molecule has 0 unspecified atom stereocenters. The quantitative estimate of drug-likeness (QED) is 0.341. The third-order valence-corrected chi connectivity index (χ3v) is 6.39. The highest BCUT2D eigenvalue weighted by Gasteiger charge is 2.18. The number of nitrogens with zero attached hydrogens (tertiary/aromatic N) is 2. The van der Waals surface area contributed by atoms with Gasteiger partial charge in [0.1, 0.15) is 10.4 Å². The van der Waals surface area contributed by atoms with E-state index in [-0.39, 0.29) is 5.91 Å². The van der Waals surface area contributed by atoms with E-state index >= 15 is 0 Å². The number of nitrogens with one attached hydrogen (secondary N) is 1. The molecule has 0 bridgehead atoms. The Morgan fingerprint density at radius 3 is 2.79 bits per heavy atom. The largest absolute Gasteiger partial charge is 0.436 e. The fraction of sp³-hybridized carbons (Fsp3) is 0. The Morgan fingerprint density at radius 1 is 1.10 bits per heavy atom. The van der Waals surface area contributed by atoms with Crippen LogP contribution >= 0.6 is 34.5 Å². The van der Waals surface area contributed by atoms with Crippen molar-refractivity contribution in [3.8, 4) is 11.5 Å². The van der Waals surface area contributed by atoms with Gasteiger partial charge in [0, 0.05) is 28.0 Å². The number of oxazole rings is 1. The summed E-state index contributed by atoms with van der Waals surface area (Å²) in [6.07, 6.45) is 3.25. The molecule has 142 valence electrons. The van der Waals surface area contributed by atoms with Crippen LogP contribution in [0, 0.1) is 0 Å². The molecule has 8 heteroatoms. The molecule has 0 aliphatic rings. The van der Waals surface area contributed by atoms with E-state index in [1.54, 1.807) is 36.7 Å². The fourth-order valence-corrected chi connectivity index (χ4v) is 4.62. The van der Waals surface area contributed by atoms with Crippen molar-refractivity contribution in [1.82, 2.24) is 9.97 Å². The highest BCUT2D eigenvalue weighted by molar-refractivity contribution is 7.21. The van der Waals surface area contributed by atoms with Crippen LogP contribution < -0.4 is 5.32 Å². The summed E-state index contributed by atoms with van der Waals surface area (Å²) >= 11 is 14.1. The minimum atomic E-state index is -0.286. The van der Waals surface area contributed by atoms with Crippen molar-refractivity contribution < 1.29 is 9.21 Å². The zero-order valence-corrected chi connectivity index (χ0v) is 17.0. The van der Waals surface area contributed by atoms with Gasteiger partial charge in [-0.2, -0.15) is 0 Å². The molecule has 3 aromatic heterocycles. The molecule has 1 N–H and O–H groups in total. The summed E-state index contributed by atoms with van der Waals surface area (Å²) < 4.78 is 6.73. The molecule has 0 fully saturated rings. The zero-order chi connectivity index (χ0) is 20.0. The van der Waals surface area contributed by atoms with E-state index in [0.29, 0.717) is 43.2 Å². The molecule has 5 rings (SSSR count). The van der Waals surface area contributed by atoms with Gasteiger partial charge >= 0.3 is 0 Å². The molecule has 5 aromatic rings. The van der Waals surface area contributed by atoms with Crippen molar-refractivity contribution in [2.24, 2.45) is 0 Å². The molecule has 0 radical (unpaired) electrons. The summed E-state index contributed by atoms with van der Waals surface area (Å²) in [5.74, 6) is 0.0697. The number of fused-ring (bicyclic) bond motifs is 2. The summed E-state index contributed by atoms with van der Waals surface area (Å²) in [4.78, 5) is 21.7. The van der Waals surface area contributed by atoms with Crippen LogP contribution in [0.2, 0.25) is 10.0 Å². The molecular formula is C21H11Cl2N3O2S. The first-order chi connectivity index (χ1) is 14.1. The smallest absolute Gasteiger partial charge is 0.267 e. The van der Waals surface area contributed by atoms with E-state index in [4.69, 9.17) is 27.6 Å². The SMILES string of the molecule is O=C(Nc1ccc(Cl)c(-c2nc3cnccc3o2)c1)c1sc2ccccc2c1Cl. The van der Waals surface area contributed by atoms with Crippen molar-refractivity contribution in [3.63, 3.8) is 0 Å². The minimum absolute atomic E-state index is 0.286. The monoisotopic (exact) mass is 439 g/mol. The van der Waals surface area contributed by atoms with E-state index in [2.05, 4.69) is 15.3 Å². The highest BCUT2D eigenvalue weighted by atomic mass is 35.5. The Morgan fingerprint density at radius 2 is 1.97 bits per heavy atom. The van der Waals surface area contributed by atoms with Crippen LogP contribution in [0.4, 0.5) is 5.69 Å². The van der Waals surface area contributed by atoms with Gasteiger partial charge in [-0.25, -0.2) is 4.98 Å². The average molecular weight is 440 g/mol. The number of hydrogen-bond acceptors (Lipinski definition) is 5. The first-order valence-electron chi connectivity index (χ1n) is 8.59. The Hall–Kier alpha value is -2.93. The third kappa shape index (κ3) is 3.25.